The molecule has 0 saturated carbocycles. The van der Waals surface area contributed by atoms with Crippen LogP contribution in [-0.2, 0) is 32.6 Å². The summed E-state index contributed by atoms with van der Waals surface area (Å²) in [5.74, 6) is 0.794. The summed E-state index contributed by atoms with van der Waals surface area (Å²) in [7, 11) is 0. The van der Waals surface area contributed by atoms with E-state index in [1.54, 1.807) is 0 Å². The van der Waals surface area contributed by atoms with E-state index < -0.39 is 0 Å². The van der Waals surface area contributed by atoms with Crippen molar-refractivity contribution in [3.05, 3.63) is 125 Å². The summed E-state index contributed by atoms with van der Waals surface area (Å²) < 4.78 is 0. The van der Waals surface area contributed by atoms with E-state index in [0.29, 0.717) is 11.8 Å². The van der Waals surface area contributed by atoms with Crippen LogP contribution >= 0.6 is 0 Å². The fourth-order valence-electron chi connectivity index (χ4n) is 4.10. The SMILES string of the molecule is CCCCc1[c-]ccc(C2C=Cc3ccccc32)c1.[CH2-]C1C=Cc2ccccc21.[Zr+2]. The average Bonchev–Trinajstić information content (AvgIpc) is 3.37. The molecule has 0 N–H and O–H groups in total. The Bertz CT molecular complexity index is 1030. The number of rotatable bonds is 4. The molecule has 0 saturated heterocycles. The molecule has 148 valence electrons. The van der Waals surface area contributed by atoms with E-state index in [-0.39, 0.29) is 26.2 Å². The zero-order valence-electron chi connectivity index (χ0n) is 17.6. The van der Waals surface area contributed by atoms with E-state index in [1.165, 1.54) is 46.2 Å². The number of fused-ring (bicyclic) bond motifs is 2. The molecule has 2 aliphatic rings. The van der Waals surface area contributed by atoms with E-state index in [4.69, 9.17) is 0 Å². The van der Waals surface area contributed by atoms with Crippen LogP contribution < -0.4 is 0 Å². The van der Waals surface area contributed by atoms with Crippen LogP contribution in [0.1, 0.15) is 65.0 Å². The first-order chi connectivity index (χ1) is 14.3. The number of unbranched alkanes of at least 4 members (excludes halogenated alkanes) is 1. The molecule has 3 aromatic rings. The first-order valence-corrected chi connectivity index (χ1v) is 10.6. The summed E-state index contributed by atoms with van der Waals surface area (Å²) in [6.45, 7) is 6.23. The molecule has 2 unspecified atom stereocenters. The summed E-state index contributed by atoms with van der Waals surface area (Å²) in [5, 5.41) is 0. The fourth-order valence-corrected chi connectivity index (χ4v) is 4.10. The van der Waals surface area contributed by atoms with Crippen LogP contribution in [0.2, 0.25) is 0 Å². The van der Waals surface area contributed by atoms with Crippen molar-refractivity contribution in [1.82, 2.24) is 0 Å². The van der Waals surface area contributed by atoms with E-state index in [9.17, 15) is 0 Å². The topological polar surface area (TPSA) is 0 Å². The zero-order chi connectivity index (χ0) is 20.1. The van der Waals surface area contributed by atoms with Crippen LogP contribution in [0.25, 0.3) is 12.2 Å². The van der Waals surface area contributed by atoms with Gasteiger partial charge in [0.2, 0.25) is 0 Å². The molecule has 0 radical (unpaired) electrons. The molecule has 0 nitrogen and oxygen atoms in total. The zero-order valence-corrected chi connectivity index (χ0v) is 20.1. The number of hydrogen-bond acceptors (Lipinski definition) is 0. The molecule has 2 aliphatic carbocycles. The van der Waals surface area contributed by atoms with E-state index in [0.717, 1.165) is 6.42 Å². The number of aryl methyl sites for hydroxylation is 1. The maximum Gasteiger partial charge on any atom is 2.00 e. The van der Waals surface area contributed by atoms with Gasteiger partial charge in [-0.25, -0.2) is 0 Å². The van der Waals surface area contributed by atoms with Crippen molar-refractivity contribution < 1.29 is 26.2 Å². The third-order valence-corrected chi connectivity index (χ3v) is 5.75. The molecule has 0 bridgehead atoms. The Hall–Kier alpha value is -1.98. The second-order valence-electron chi connectivity index (χ2n) is 7.81. The first kappa shape index (κ1) is 22.7. The minimum absolute atomic E-state index is 0. The van der Waals surface area contributed by atoms with Crippen LogP contribution in [-0.4, -0.2) is 0 Å². The van der Waals surface area contributed by atoms with Gasteiger partial charge in [0.15, 0.2) is 0 Å². The predicted octanol–water partition coefficient (Wildman–Crippen LogP) is 7.62. The van der Waals surface area contributed by atoms with E-state index in [1.807, 2.05) is 0 Å². The van der Waals surface area contributed by atoms with Crippen molar-refractivity contribution in [1.29, 1.82) is 0 Å². The quantitative estimate of drug-likeness (QED) is 0.346. The Morgan fingerprint density at radius 1 is 0.867 bits per heavy atom. The van der Waals surface area contributed by atoms with Crippen LogP contribution in [0.4, 0.5) is 0 Å². The minimum Gasteiger partial charge on any atom is -0.332 e. The van der Waals surface area contributed by atoms with Crippen molar-refractivity contribution >= 4 is 12.2 Å². The molecule has 5 rings (SSSR count). The normalized spacial score (nSPS) is 17.5. The molecule has 0 aromatic heterocycles. The van der Waals surface area contributed by atoms with Gasteiger partial charge in [0.1, 0.15) is 0 Å². The third kappa shape index (κ3) is 5.19. The molecule has 0 spiro atoms. The molecular weight excluding hydrogens is 440 g/mol. The smallest absolute Gasteiger partial charge is 0.332 e. The maximum absolute atomic E-state index is 3.99. The number of allylic oxidation sites excluding steroid dienone is 2. The van der Waals surface area contributed by atoms with Crippen LogP contribution in [0.3, 0.4) is 0 Å². The molecule has 0 amide bonds. The Morgan fingerprint density at radius 3 is 2.27 bits per heavy atom. The molecular formula is C29H28Zr. The van der Waals surface area contributed by atoms with Crippen molar-refractivity contribution in [3.63, 3.8) is 0 Å². The summed E-state index contributed by atoms with van der Waals surface area (Å²) in [5.41, 5.74) is 8.19. The van der Waals surface area contributed by atoms with Gasteiger partial charge in [0, 0.05) is 5.92 Å². The monoisotopic (exact) mass is 466 g/mol. The maximum atomic E-state index is 3.99. The Balaban J connectivity index is 0.000000197. The van der Waals surface area contributed by atoms with E-state index in [2.05, 4.69) is 111 Å². The van der Waals surface area contributed by atoms with Crippen molar-refractivity contribution in [3.8, 4) is 0 Å². The summed E-state index contributed by atoms with van der Waals surface area (Å²) in [4.78, 5) is 0. The van der Waals surface area contributed by atoms with Gasteiger partial charge in [-0.3, -0.25) is 0 Å². The molecule has 2 atom stereocenters. The molecule has 0 aliphatic heterocycles. The van der Waals surface area contributed by atoms with Crippen LogP contribution in [0.15, 0.2) is 78.9 Å². The van der Waals surface area contributed by atoms with Gasteiger partial charge < -0.3 is 6.92 Å². The minimum atomic E-state index is 0. The third-order valence-electron chi connectivity index (χ3n) is 5.75. The molecule has 1 heteroatoms. The van der Waals surface area contributed by atoms with Gasteiger partial charge in [-0.2, -0.15) is 29.8 Å². The van der Waals surface area contributed by atoms with Crippen LogP contribution in [0, 0.1) is 13.0 Å². The Kier molecular flexibility index (Phi) is 8.23. The van der Waals surface area contributed by atoms with Gasteiger partial charge in [0.05, 0.1) is 0 Å². The largest absolute Gasteiger partial charge is 2.00 e. The first-order valence-electron chi connectivity index (χ1n) is 10.6. The summed E-state index contributed by atoms with van der Waals surface area (Å²) in [6, 6.07) is 27.0. The van der Waals surface area contributed by atoms with Gasteiger partial charge in [0.25, 0.3) is 0 Å². The average molecular weight is 468 g/mol. The standard InChI is InChI=1S/C19H19.C10H9.Zr/c1-2-3-7-15-8-6-10-17(14-15)19-13-12-16-9-4-5-11-18(16)19;1-8-6-7-9-4-2-3-5-10(8)9;/h4-6,9-14,19H,2-3,7H2,1H3;2-8H,1H2;/q2*-1;+2. The van der Waals surface area contributed by atoms with Crippen molar-refractivity contribution in [2.45, 2.75) is 38.0 Å². The van der Waals surface area contributed by atoms with Crippen LogP contribution in [0.5, 0.6) is 0 Å². The second kappa shape index (κ2) is 10.9. The van der Waals surface area contributed by atoms with Crippen molar-refractivity contribution in [2.75, 3.05) is 0 Å². The summed E-state index contributed by atoms with van der Waals surface area (Å²) in [6.07, 6.45) is 12.4. The molecule has 0 fully saturated rings. The van der Waals surface area contributed by atoms with Gasteiger partial charge in [-0.15, -0.1) is 17.6 Å². The summed E-state index contributed by atoms with van der Waals surface area (Å²) >= 11 is 0. The number of benzene rings is 3. The van der Waals surface area contributed by atoms with Gasteiger partial charge in [-0.05, 0) is 16.7 Å². The van der Waals surface area contributed by atoms with Gasteiger partial charge in [-0.1, -0.05) is 98.5 Å². The second-order valence-corrected chi connectivity index (χ2v) is 7.81. The predicted molar refractivity (Wildman–Crippen MR) is 125 cm³/mol. The van der Waals surface area contributed by atoms with E-state index >= 15 is 0 Å². The molecule has 0 heterocycles. The Morgan fingerprint density at radius 2 is 1.53 bits per heavy atom. The molecule has 3 aromatic carbocycles. The van der Waals surface area contributed by atoms with Crippen molar-refractivity contribution in [2.24, 2.45) is 0 Å². The fraction of sp³-hybridized carbons (Fsp3) is 0.207. The number of hydrogen-bond donors (Lipinski definition) is 0. The van der Waals surface area contributed by atoms with Gasteiger partial charge >= 0.3 is 26.2 Å². The molecule has 30 heavy (non-hydrogen) atoms. The Labute approximate surface area is 200 Å².